The van der Waals surface area contributed by atoms with Crippen LogP contribution in [-0.4, -0.2) is 17.2 Å². The average molecular weight is 819 g/mol. The summed E-state index contributed by atoms with van der Waals surface area (Å²) >= 11 is 0. The van der Waals surface area contributed by atoms with Crippen LogP contribution in [0.15, 0.2) is 255 Å². The van der Waals surface area contributed by atoms with E-state index in [9.17, 15) is 0 Å². The first-order valence-corrected chi connectivity index (χ1v) is 23.8. The number of fused-ring (bicyclic) bond motifs is 6. The van der Waals surface area contributed by atoms with Crippen LogP contribution >= 0.6 is 0 Å². The van der Waals surface area contributed by atoms with Crippen molar-refractivity contribution in [1.29, 1.82) is 0 Å². The van der Waals surface area contributed by atoms with Gasteiger partial charge in [0.1, 0.15) is 0 Å². The zero-order chi connectivity index (χ0) is 41.7. The van der Waals surface area contributed by atoms with Crippen LogP contribution in [-0.2, 0) is 0 Å². The molecular weight excluding hydrogens is 777 g/mol. The molecule has 0 saturated heterocycles. The molecule has 12 rings (SSSR count). The Bertz CT molecular complexity index is 3500. The molecule has 0 amide bonds. The number of hydrogen-bond acceptors (Lipinski definition) is 0. The Hall–Kier alpha value is -7.98. The van der Waals surface area contributed by atoms with Crippen LogP contribution in [0.4, 0.5) is 0 Å². The molecular formula is C60H42N2Si. The highest BCUT2D eigenvalue weighted by molar-refractivity contribution is 7.20. The zero-order valence-electron chi connectivity index (χ0n) is 34.6. The lowest BCUT2D eigenvalue weighted by atomic mass is 9.99. The van der Waals surface area contributed by atoms with E-state index in [2.05, 4.69) is 264 Å². The second-order valence-electron chi connectivity index (χ2n) is 16.4. The lowest BCUT2D eigenvalue weighted by Crippen LogP contribution is -2.74. The number of hydrogen-bond donors (Lipinski definition) is 0. The summed E-state index contributed by atoms with van der Waals surface area (Å²) in [5.74, 6) is 0. The normalized spacial score (nSPS) is 11.8. The smallest absolute Gasteiger partial charge is 0.180 e. The van der Waals surface area contributed by atoms with Crippen LogP contribution in [0.3, 0.4) is 0 Å². The fourth-order valence-corrected chi connectivity index (χ4v) is 15.5. The first-order chi connectivity index (χ1) is 31.3. The number of aromatic nitrogens is 2. The van der Waals surface area contributed by atoms with E-state index < -0.39 is 8.07 Å². The third-order valence-corrected chi connectivity index (χ3v) is 17.9. The van der Waals surface area contributed by atoms with Gasteiger partial charge in [-0.25, -0.2) is 0 Å². The zero-order valence-corrected chi connectivity index (χ0v) is 35.6. The van der Waals surface area contributed by atoms with Gasteiger partial charge in [0, 0.05) is 32.8 Å². The van der Waals surface area contributed by atoms with Gasteiger partial charge in [0.2, 0.25) is 0 Å². The highest BCUT2D eigenvalue weighted by Gasteiger charge is 2.43. The lowest BCUT2D eigenvalue weighted by molar-refractivity contribution is 1.16. The summed E-state index contributed by atoms with van der Waals surface area (Å²) in [6.45, 7) is 0. The Labute approximate surface area is 368 Å². The van der Waals surface area contributed by atoms with Crippen molar-refractivity contribution >= 4 is 72.4 Å². The minimum atomic E-state index is -2.88. The first kappa shape index (κ1) is 36.8. The van der Waals surface area contributed by atoms with Gasteiger partial charge in [-0.15, -0.1) is 0 Å². The molecule has 0 aliphatic carbocycles. The molecule has 0 bridgehead atoms. The minimum Gasteiger partial charge on any atom is -0.309 e. The van der Waals surface area contributed by atoms with E-state index >= 15 is 0 Å². The van der Waals surface area contributed by atoms with E-state index in [0.717, 1.165) is 16.9 Å². The number of nitrogens with zero attached hydrogens (tertiary/aromatic N) is 2. The molecule has 2 aromatic heterocycles. The molecule has 0 fully saturated rings. The van der Waals surface area contributed by atoms with Gasteiger partial charge in [-0.2, -0.15) is 0 Å². The summed E-state index contributed by atoms with van der Waals surface area (Å²) in [6.07, 6.45) is 0. The average Bonchev–Trinajstić information content (AvgIpc) is 3.89. The van der Waals surface area contributed by atoms with Crippen LogP contribution < -0.4 is 20.7 Å². The van der Waals surface area contributed by atoms with E-state index in [0.29, 0.717) is 0 Å². The first-order valence-electron chi connectivity index (χ1n) is 21.8. The fourth-order valence-electron chi connectivity index (χ4n) is 10.5. The number of para-hydroxylation sites is 2. The Kier molecular flexibility index (Phi) is 8.87. The minimum absolute atomic E-state index is 1.12. The quantitative estimate of drug-likeness (QED) is 0.107. The van der Waals surface area contributed by atoms with E-state index in [1.165, 1.54) is 81.1 Å². The molecule has 10 aromatic carbocycles. The maximum absolute atomic E-state index is 2.88. The third-order valence-electron chi connectivity index (χ3n) is 13.1. The second kappa shape index (κ2) is 15.2. The number of rotatable bonds is 8. The van der Waals surface area contributed by atoms with E-state index in [1.807, 2.05) is 0 Å². The van der Waals surface area contributed by atoms with Crippen LogP contribution in [0.5, 0.6) is 0 Å². The van der Waals surface area contributed by atoms with Gasteiger partial charge in [0.05, 0.1) is 27.8 Å². The van der Waals surface area contributed by atoms with Gasteiger partial charge in [-0.05, 0) is 73.8 Å². The van der Waals surface area contributed by atoms with Crippen LogP contribution in [0.25, 0.3) is 77.2 Å². The highest BCUT2D eigenvalue weighted by atomic mass is 28.3. The van der Waals surface area contributed by atoms with Crippen LogP contribution in [0.2, 0.25) is 0 Å². The summed E-state index contributed by atoms with van der Waals surface area (Å²) in [4.78, 5) is 0. The van der Waals surface area contributed by atoms with E-state index in [-0.39, 0.29) is 0 Å². The van der Waals surface area contributed by atoms with E-state index in [4.69, 9.17) is 0 Å². The van der Waals surface area contributed by atoms with E-state index in [1.54, 1.807) is 0 Å². The molecule has 0 N–H and O–H groups in total. The van der Waals surface area contributed by atoms with Crippen molar-refractivity contribution in [2.45, 2.75) is 0 Å². The van der Waals surface area contributed by atoms with Crippen molar-refractivity contribution < 1.29 is 0 Å². The van der Waals surface area contributed by atoms with Crippen LogP contribution in [0, 0.1) is 0 Å². The van der Waals surface area contributed by atoms with Gasteiger partial charge in [-0.1, -0.05) is 218 Å². The Morgan fingerprint density at radius 3 is 1.38 bits per heavy atom. The van der Waals surface area contributed by atoms with Gasteiger partial charge in [0.15, 0.2) is 8.07 Å². The van der Waals surface area contributed by atoms with Crippen molar-refractivity contribution in [1.82, 2.24) is 9.13 Å². The largest absolute Gasteiger partial charge is 0.309 e. The number of benzene rings is 10. The molecule has 2 heterocycles. The molecule has 3 heteroatoms. The standard InChI is InChI=1S/C60H42N2Si/c1-6-22-43(23-7-1)49-32-16-18-35-53(49)62-55-37-20-34-50(44-24-8-2-9-25-44)59(55)52-41-40-45(42-57(52)62)61-54-36-19-17-33-51(54)60-56(61)38-21-39-58(60)63(46-26-10-3-11-27-46,47-28-12-4-13-29-47)48-30-14-5-15-31-48/h1-42H. The predicted octanol–water partition coefficient (Wildman–Crippen LogP) is 12.6. The SMILES string of the molecule is c1ccc(-c2ccccc2-n2c3cc(-n4c5ccccc5c5c([Si](c6ccccc6)(c6ccccc6)c6ccccc6)cccc54)ccc3c3c(-c4ccccc4)cccc32)cc1. The summed E-state index contributed by atoms with van der Waals surface area (Å²) in [5, 5.41) is 10.5. The molecule has 0 radical (unpaired) electrons. The fraction of sp³-hybridized carbons (Fsp3) is 0. The summed E-state index contributed by atoms with van der Waals surface area (Å²) in [6, 6.07) is 94.2. The maximum atomic E-state index is 2.51. The molecule has 0 saturated carbocycles. The van der Waals surface area contributed by atoms with Crippen molar-refractivity contribution in [2.24, 2.45) is 0 Å². The molecule has 0 atom stereocenters. The molecule has 0 spiro atoms. The lowest BCUT2D eigenvalue weighted by Gasteiger charge is -2.35. The topological polar surface area (TPSA) is 9.86 Å². The highest BCUT2D eigenvalue weighted by Crippen LogP contribution is 2.42. The molecule has 296 valence electrons. The van der Waals surface area contributed by atoms with Gasteiger partial charge < -0.3 is 9.13 Å². The van der Waals surface area contributed by atoms with Crippen molar-refractivity contribution in [3.63, 3.8) is 0 Å². The van der Waals surface area contributed by atoms with Gasteiger partial charge in [-0.3, -0.25) is 0 Å². The van der Waals surface area contributed by atoms with Gasteiger partial charge >= 0.3 is 0 Å². The molecule has 12 aromatic rings. The molecule has 63 heavy (non-hydrogen) atoms. The Morgan fingerprint density at radius 2 is 0.746 bits per heavy atom. The van der Waals surface area contributed by atoms with Crippen LogP contribution in [0.1, 0.15) is 0 Å². The summed E-state index contributed by atoms with van der Waals surface area (Å²) < 4.78 is 5.01. The molecule has 0 aliphatic rings. The van der Waals surface area contributed by atoms with Crippen molar-refractivity contribution in [3.05, 3.63) is 255 Å². The summed E-state index contributed by atoms with van der Waals surface area (Å²) in [7, 11) is -2.88. The maximum Gasteiger partial charge on any atom is 0.180 e. The predicted molar refractivity (Wildman–Crippen MR) is 270 cm³/mol. The summed E-state index contributed by atoms with van der Waals surface area (Å²) in [5.41, 5.74) is 11.8. The molecule has 0 aliphatic heterocycles. The third kappa shape index (κ3) is 5.78. The Balaban J connectivity index is 1.19. The molecule has 0 unspecified atom stereocenters. The molecule has 2 nitrogen and oxygen atoms in total. The van der Waals surface area contributed by atoms with Crippen molar-refractivity contribution in [3.8, 4) is 33.6 Å². The van der Waals surface area contributed by atoms with Crippen molar-refractivity contribution in [2.75, 3.05) is 0 Å². The monoisotopic (exact) mass is 818 g/mol. The Morgan fingerprint density at radius 1 is 0.286 bits per heavy atom. The van der Waals surface area contributed by atoms with Gasteiger partial charge in [0.25, 0.3) is 0 Å². The second-order valence-corrected chi connectivity index (χ2v) is 20.2.